The first kappa shape index (κ1) is 29.9. The molecule has 2 aromatic carbocycles. The van der Waals surface area contributed by atoms with Crippen LogP contribution < -0.4 is 21.1 Å². The minimum atomic E-state index is -0.583. The van der Waals surface area contributed by atoms with E-state index in [1.807, 2.05) is 64.2 Å². The van der Waals surface area contributed by atoms with Gasteiger partial charge in [0.15, 0.2) is 0 Å². The van der Waals surface area contributed by atoms with E-state index in [9.17, 15) is 14.4 Å². The van der Waals surface area contributed by atoms with E-state index in [2.05, 4.69) is 10.6 Å². The molecule has 3 amide bonds. The normalized spacial score (nSPS) is 17.0. The summed E-state index contributed by atoms with van der Waals surface area (Å²) in [6.45, 7) is 7.60. The Morgan fingerprint density at radius 2 is 1.67 bits per heavy atom. The molecule has 1 aromatic heterocycles. The first-order valence-corrected chi connectivity index (χ1v) is 14.8. The predicted molar refractivity (Wildman–Crippen MR) is 163 cm³/mol. The highest BCUT2D eigenvalue weighted by Gasteiger charge is 2.36. The van der Waals surface area contributed by atoms with Crippen molar-refractivity contribution in [3.05, 3.63) is 60.2 Å². The zero-order valence-corrected chi connectivity index (χ0v) is 25.0. The van der Waals surface area contributed by atoms with Crippen LogP contribution >= 0.6 is 0 Å². The molecule has 0 unspecified atom stereocenters. The Kier molecular flexibility index (Phi) is 8.89. The number of fused-ring (bicyclic) bond motifs is 1. The smallest absolute Gasteiger partial charge is 0.407 e. The second kappa shape index (κ2) is 12.8. The van der Waals surface area contributed by atoms with Gasteiger partial charge in [-0.3, -0.25) is 9.59 Å². The van der Waals surface area contributed by atoms with Gasteiger partial charge in [-0.05, 0) is 82.3 Å². The molecule has 2 aliphatic rings. The third-order valence-electron chi connectivity index (χ3n) is 7.75. The summed E-state index contributed by atoms with van der Waals surface area (Å²) in [5.41, 5.74) is 6.99. The molecule has 3 heterocycles. The van der Waals surface area contributed by atoms with Crippen LogP contribution in [0.3, 0.4) is 0 Å². The van der Waals surface area contributed by atoms with Crippen LogP contribution in [0.2, 0.25) is 0 Å². The summed E-state index contributed by atoms with van der Waals surface area (Å²) in [7, 11) is 0. The van der Waals surface area contributed by atoms with Crippen LogP contribution in [0.15, 0.2) is 54.6 Å². The highest BCUT2D eigenvalue weighted by molar-refractivity contribution is 6.03. The molecular weight excluding hydrogens is 548 g/mol. The summed E-state index contributed by atoms with van der Waals surface area (Å²) in [5.74, 6) is 1.84. The molecule has 3 aromatic rings. The van der Waals surface area contributed by atoms with Gasteiger partial charge in [-0.1, -0.05) is 18.2 Å². The van der Waals surface area contributed by atoms with E-state index < -0.39 is 17.6 Å². The molecule has 1 saturated heterocycles. The van der Waals surface area contributed by atoms with E-state index in [1.54, 1.807) is 20.8 Å². The van der Waals surface area contributed by atoms with E-state index >= 15 is 0 Å². The molecule has 2 aliphatic heterocycles. The average molecular weight is 589 g/mol. The molecule has 4 N–H and O–H groups in total. The Balaban J connectivity index is 1.23. The maximum Gasteiger partial charge on any atom is 0.407 e. The fraction of sp³-hybridized carbons (Fsp3) is 0.438. The van der Waals surface area contributed by atoms with E-state index in [-0.39, 0.29) is 24.9 Å². The van der Waals surface area contributed by atoms with Crippen molar-refractivity contribution < 1.29 is 23.9 Å². The number of hydrogen-bond donors (Lipinski definition) is 3. The van der Waals surface area contributed by atoms with Crippen molar-refractivity contribution in [3.63, 3.8) is 0 Å². The lowest BCUT2D eigenvalue weighted by atomic mass is 9.86. The van der Waals surface area contributed by atoms with Crippen molar-refractivity contribution in [1.82, 2.24) is 20.0 Å². The summed E-state index contributed by atoms with van der Waals surface area (Å²) in [5, 5.41) is 10.9. The Morgan fingerprint density at radius 3 is 2.33 bits per heavy atom. The number of aromatic nitrogens is 2. The molecule has 1 atom stereocenters. The van der Waals surface area contributed by atoms with Gasteiger partial charge < -0.3 is 30.7 Å². The van der Waals surface area contributed by atoms with Crippen LogP contribution in [0.1, 0.15) is 62.9 Å². The lowest BCUT2D eigenvalue weighted by Gasteiger charge is -2.38. The van der Waals surface area contributed by atoms with Crippen molar-refractivity contribution in [2.45, 2.75) is 58.1 Å². The van der Waals surface area contributed by atoms with Crippen molar-refractivity contribution in [2.24, 2.45) is 11.7 Å². The Morgan fingerprint density at radius 1 is 1.00 bits per heavy atom. The van der Waals surface area contributed by atoms with Crippen LogP contribution in [-0.4, -0.2) is 64.4 Å². The molecule has 0 spiro atoms. The van der Waals surface area contributed by atoms with Crippen molar-refractivity contribution in [2.75, 3.05) is 31.5 Å². The number of primary amides is 1. The van der Waals surface area contributed by atoms with Gasteiger partial charge in [0.25, 0.3) is 5.91 Å². The summed E-state index contributed by atoms with van der Waals surface area (Å²) in [6.07, 6.45) is 2.20. The van der Waals surface area contributed by atoms with E-state index in [1.165, 1.54) is 0 Å². The molecule has 0 aliphatic carbocycles. The number of para-hydroxylation sites is 1. The fourth-order valence-electron chi connectivity index (χ4n) is 5.76. The number of ether oxygens (including phenoxy) is 2. The fourth-order valence-corrected chi connectivity index (χ4v) is 5.76. The lowest BCUT2D eigenvalue weighted by Crippen LogP contribution is -2.43. The van der Waals surface area contributed by atoms with Crippen molar-refractivity contribution in [3.8, 4) is 22.8 Å². The summed E-state index contributed by atoms with van der Waals surface area (Å²) in [4.78, 5) is 39.2. The maximum atomic E-state index is 12.8. The van der Waals surface area contributed by atoms with Crippen LogP contribution in [0.5, 0.6) is 11.5 Å². The van der Waals surface area contributed by atoms with Gasteiger partial charge in [0.1, 0.15) is 34.2 Å². The monoisotopic (exact) mass is 588 g/mol. The number of carbonyl (C=O) groups is 3. The quantitative estimate of drug-likeness (QED) is 0.338. The first-order chi connectivity index (χ1) is 20.6. The summed E-state index contributed by atoms with van der Waals surface area (Å²) < 4.78 is 13.1. The highest BCUT2D eigenvalue weighted by atomic mass is 16.6. The Labute approximate surface area is 251 Å². The van der Waals surface area contributed by atoms with Crippen LogP contribution in [0, 0.1) is 5.92 Å². The molecule has 0 saturated carbocycles. The van der Waals surface area contributed by atoms with Gasteiger partial charge in [-0.25, -0.2) is 9.48 Å². The van der Waals surface area contributed by atoms with Gasteiger partial charge >= 0.3 is 6.09 Å². The number of likely N-dealkylation sites (tertiary alicyclic amines) is 1. The molecular formula is C32H40N6O5. The Bertz CT molecular complexity index is 1440. The topological polar surface area (TPSA) is 141 Å². The van der Waals surface area contributed by atoms with Gasteiger partial charge in [0.2, 0.25) is 5.91 Å². The SMILES string of the molecule is CC(C)(C)OC(=O)NCCC(=O)N1CCC([C@@H]2CCNc3c(C(N)=O)c(-c4ccc(Oc5ccccc5)cc4)nn32)CC1. The third kappa shape index (κ3) is 7.28. The summed E-state index contributed by atoms with van der Waals surface area (Å²) in [6, 6.07) is 17.1. The second-order valence-corrected chi connectivity index (χ2v) is 12.0. The summed E-state index contributed by atoms with van der Waals surface area (Å²) >= 11 is 0. The second-order valence-electron chi connectivity index (χ2n) is 12.0. The molecule has 43 heavy (non-hydrogen) atoms. The predicted octanol–water partition coefficient (Wildman–Crippen LogP) is 4.95. The number of carbonyl (C=O) groups excluding carboxylic acids is 3. The zero-order chi connectivity index (χ0) is 30.6. The number of piperidine rings is 1. The number of hydrogen-bond acceptors (Lipinski definition) is 7. The number of nitrogens with two attached hydrogens (primary N) is 1. The zero-order valence-electron chi connectivity index (χ0n) is 25.0. The van der Waals surface area contributed by atoms with Gasteiger partial charge in [0, 0.05) is 38.2 Å². The number of rotatable bonds is 8. The lowest BCUT2D eigenvalue weighted by molar-refractivity contribution is -0.132. The van der Waals surface area contributed by atoms with Crippen LogP contribution in [0.25, 0.3) is 11.3 Å². The average Bonchev–Trinajstić information content (AvgIpc) is 3.37. The van der Waals surface area contributed by atoms with E-state index in [0.717, 1.165) is 30.6 Å². The molecule has 1 fully saturated rings. The van der Waals surface area contributed by atoms with Gasteiger partial charge in [-0.15, -0.1) is 0 Å². The third-order valence-corrected chi connectivity index (χ3v) is 7.75. The van der Waals surface area contributed by atoms with Crippen molar-refractivity contribution in [1.29, 1.82) is 0 Å². The molecule has 11 heteroatoms. The number of nitrogens with one attached hydrogen (secondary N) is 2. The minimum absolute atomic E-state index is 0.0117. The Hall–Kier alpha value is -4.54. The number of benzene rings is 2. The molecule has 0 radical (unpaired) electrons. The highest BCUT2D eigenvalue weighted by Crippen LogP contribution is 2.40. The molecule has 228 valence electrons. The van der Waals surface area contributed by atoms with Gasteiger partial charge in [0.05, 0.1) is 6.04 Å². The van der Waals surface area contributed by atoms with Crippen LogP contribution in [0.4, 0.5) is 10.6 Å². The first-order valence-electron chi connectivity index (χ1n) is 14.8. The van der Waals surface area contributed by atoms with E-state index in [4.69, 9.17) is 20.3 Å². The van der Waals surface area contributed by atoms with E-state index in [0.29, 0.717) is 48.4 Å². The number of nitrogens with zero attached hydrogens (tertiary/aromatic N) is 3. The van der Waals surface area contributed by atoms with Crippen LogP contribution in [-0.2, 0) is 9.53 Å². The largest absolute Gasteiger partial charge is 0.457 e. The maximum absolute atomic E-state index is 12.8. The number of anilines is 1. The number of amides is 3. The molecule has 5 rings (SSSR count). The standard InChI is InChI=1S/C32H40N6O5/c1-32(2,3)43-31(41)35-18-14-26(39)37-19-15-21(16-20-37)25-13-17-34-30-27(29(33)40)28(36-38(25)30)22-9-11-24(12-10-22)42-23-7-5-4-6-8-23/h4-12,21,25,34H,13-20H2,1-3H3,(H2,33,40)(H,35,41)/t25-/m0/s1. The minimum Gasteiger partial charge on any atom is -0.457 e. The van der Waals surface area contributed by atoms with Gasteiger partial charge in [-0.2, -0.15) is 5.10 Å². The molecule has 0 bridgehead atoms. The number of alkyl carbamates (subject to hydrolysis) is 1. The molecule has 11 nitrogen and oxygen atoms in total. The van der Waals surface area contributed by atoms with Crippen molar-refractivity contribution >= 4 is 23.7 Å².